The van der Waals surface area contributed by atoms with Gasteiger partial charge in [0.1, 0.15) is 11.6 Å². The number of carboxylic acids is 1. The minimum atomic E-state index is -5.08. The number of hydrogen-bond donors (Lipinski definition) is 5. The molecule has 6 N–H and O–H groups in total. The number of unbranched alkanes of at least 4 members (excludes halogenated alkanes) is 1. The molecule has 0 saturated heterocycles. The lowest BCUT2D eigenvalue weighted by Gasteiger charge is -2.05. The van der Waals surface area contributed by atoms with Crippen molar-refractivity contribution >= 4 is 33.9 Å². The van der Waals surface area contributed by atoms with Crippen LogP contribution in [0.25, 0.3) is 22.1 Å². The van der Waals surface area contributed by atoms with Crippen LogP contribution in [0.5, 0.6) is 0 Å². The van der Waals surface area contributed by atoms with E-state index in [0.29, 0.717) is 25.1 Å². The van der Waals surface area contributed by atoms with Crippen LogP contribution in [0.3, 0.4) is 0 Å². The number of aromatic amines is 2. The molecule has 3 aromatic carbocycles. The number of halogens is 3. The number of nitrogens with two attached hydrogens (primary N) is 1. The highest BCUT2D eigenvalue weighted by atomic mass is 19.4. The predicted octanol–water partition coefficient (Wildman–Crippen LogP) is 4.87. The molecule has 0 aliphatic rings. The third kappa shape index (κ3) is 8.15. The Morgan fingerprint density at radius 1 is 0.854 bits per heavy atom. The van der Waals surface area contributed by atoms with Crippen molar-refractivity contribution in [2.75, 3.05) is 6.54 Å². The molecule has 0 spiro atoms. The Bertz CT molecular complexity index is 1630. The average molecular weight is 567 g/mol. The number of aryl methyl sites for hydroxylation is 1. The van der Waals surface area contributed by atoms with Crippen molar-refractivity contribution in [1.29, 1.82) is 0 Å². The SMILES string of the molecule is NCc1ccc2[nH]c(Cc3nc4cc(C(=O)NCCCCc5ccccc5)ccc4[nH]3)nc2c1.O=C(O)C(F)(F)F. The number of rotatable bonds is 9. The Hall–Kier alpha value is -4.71. The zero-order valence-electron chi connectivity index (χ0n) is 22.0. The second-order valence-corrected chi connectivity index (χ2v) is 9.33. The Kier molecular flexibility index (Phi) is 9.35. The lowest BCUT2D eigenvalue weighted by molar-refractivity contribution is -0.192. The Morgan fingerprint density at radius 3 is 2.07 bits per heavy atom. The first kappa shape index (κ1) is 29.3. The second kappa shape index (κ2) is 13.1. The van der Waals surface area contributed by atoms with Crippen LogP contribution < -0.4 is 11.1 Å². The highest BCUT2D eigenvalue weighted by Crippen LogP contribution is 2.18. The van der Waals surface area contributed by atoms with Gasteiger partial charge < -0.3 is 26.1 Å². The van der Waals surface area contributed by atoms with Crippen LogP contribution in [0.4, 0.5) is 13.2 Å². The van der Waals surface area contributed by atoms with Gasteiger partial charge in [-0.1, -0.05) is 36.4 Å². The summed E-state index contributed by atoms with van der Waals surface area (Å²) < 4.78 is 31.7. The largest absolute Gasteiger partial charge is 0.490 e. The first-order valence-corrected chi connectivity index (χ1v) is 12.9. The number of alkyl halides is 3. The van der Waals surface area contributed by atoms with Crippen LogP contribution in [0.2, 0.25) is 0 Å². The number of carboxylic acid groups (broad SMARTS) is 1. The maximum absolute atomic E-state index is 12.6. The molecule has 0 aliphatic heterocycles. The number of hydrogen-bond acceptors (Lipinski definition) is 5. The summed E-state index contributed by atoms with van der Waals surface area (Å²) in [5.74, 6) is -1.20. The average Bonchev–Trinajstić information content (AvgIpc) is 3.54. The quantitative estimate of drug-likeness (QED) is 0.161. The van der Waals surface area contributed by atoms with Crippen molar-refractivity contribution in [3.05, 3.63) is 95.1 Å². The maximum atomic E-state index is 12.6. The van der Waals surface area contributed by atoms with Gasteiger partial charge in [-0.25, -0.2) is 14.8 Å². The molecule has 0 fully saturated rings. The fraction of sp³-hybridized carbons (Fsp3) is 0.241. The number of aromatic nitrogens is 4. The van der Waals surface area contributed by atoms with E-state index in [2.05, 4.69) is 49.5 Å². The van der Waals surface area contributed by atoms with Crippen molar-refractivity contribution in [3.63, 3.8) is 0 Å². The Labute approximate surface area is 233 Å². The molecule has 9 nitrogen and oxygen atoms in total. The standard InChI is InChI=1S/C27H28N6O.C2HF3O2/c28-17-19-9-11-21-23(14-19)32-25(30-21)16-26-31-22-12-10-20(15-24(22)33-26)27(34)29-13-5-4-8-18-6-2-1-3-7-18;3-2(4,5)1(6)7/h1-3,6-7,9-12,14-15H,4-5,8,13,16-17,28H2,(H,29,34)(H,30,32)(H,31,33);(H,6,7). The van der Waals surface area contributed by atoms with E-state index in [0.717, 1.165) is 58.5 Å². The van der Waals surface area contributed by atoms with E-state index >= 15 is 0 Å². The lowest BCUT2D eigenvalue weighted by atomic mass is 10.1. The summed E-state index contributed by atoms with van der Waals surface area (Å²) in [6, 6.07) is 22.0. The van der Waals surface area contributed by atoms with Crippen LogP contribution >= 0.6 is 0 Å². The van der Waals surface area contributed by atoms with E-state index in [1.807, 2.05) is 42.5 Å². The summed E-state index contributed by atoms with van der Waals surface area (Å²) in [5.41, 5.74) is 12.3. The topological polar surface area (TPSA) is 150 Å². The minimum Gasteiger partial charge on any atom is -0.475 e. The van der Waals surface area contributed by atoms with Crippen LogP contribution in [0.15, 0.2) is 66.7 Å². The molecule has 0 radical (unpaired) electrons. The fourth-order valence-electron chi connectivity index (χ4n) is 4.16. The Balaban J connectivity index is 0.000000493. The van der Waals surface area contributed by atoms with E-state index in [4.69, 9.17) is 15.6 Å². The third-order valence-electron chi connectivity index (χ3n) is 6.22. The van der Waals surface area contributed by atoms with Gasteiger partial charge in [-0.05, 0) is 60.7 Å². The van der Waals surface area contributed by atoms with E-state index in [1.165, 1.54) is 5.56 Å². The third-order valence-corrected chi connectivity index (χ3v) is 6.22. The molecule has 2 heterocycles. The monoisotopic (exact) mass is 566 g/mol. The molecule has 0 atom stereocenters. The van der Waals surface area contributed by atoms with E-state index in [9.17, 15) is 18.0 Å². The number of nitrogens with zero attached hydrogens (tertiary/aromatic N) is 2. The summed E-state index contributed by atoms with van der Waals surface area (Å²) >= 11 is 0. The fourth-order valence-corrected chi connectivity index (χ4v) is 4.16. The van der Waals surface area contributed by atoms with Gasteiger partial charge in [0, 0.05) is 18.7 Å². The minimum absolute atomic E-state index is 0.0702. The zero-order chi connectivity index (χ0) is 29.4. The first-order chi connectivity index (χ1) is 19.6. The maximum Gasteiger partial charge on any atom is 0.490 e. The van der Waals surface area contributed by atoms with Gasteiger partial charge in [0.15, 0.2) is 0 Å². The molecule has 0 unspecified atom stereocenters. The molecule has 214 valence electrons. The summed E-state index contributed by atoms with van der Waals surface area (Å²) in [4.78, 5) is 37.5. The number of carbonyl (C=O) groups is 2. The van der Waals surface area contributed by atoms with Crippen LogP contribution in [-0.2, 0) is 24.2 Å². The Morgan fingerprint density at radius 2 is 1.46 bits per heavy atom. The molecule has 12 heteroatoms. The van der Waals surface area contributed by atoms with Crippen molar-refractivity contribution in [3.8, 4) is 0 Å². The van der Waals surface area contributed by atoms with Gasteiger partial charge in [0.25, 0.3) is 5.91 Å². The van der Waals surface area contributed by atoms with Crippen molar-refractivity contribution in [1.82, 2.24) is 25.3 Å². The number of carbonyl (C=O) groups excluding carboxylic acids is 1. The molecule has 41 heavy (non-hydrogen) atoms. The molecular formula is C29H29F3N6O3. The molecule has 0 aliphatic carbocycles. The number of fused-ring (bicyclic) bond motifs is 2. The van der Waals surface area contributed by atoms with E-state index in [1.54, 1.807) is 0 Å². The number of aliphatic carboxylic acids is 1. The lowest BCUT2D eigenvalue weighted by Crippen LogP contribution is -2.24. The van der Waals surface area contributed by atoms with Crippen molar-refractivity contribution < 1.29 is 27.9 Å². The number of amides is 1. The molecule has 0 bridgehead atoms. The molecule has 5 aromatic rings. The molecule has 1 amide bonds. The zero-order valence-corrected chi connectivity index (χ0v) is 22.0. The van der Waals surface area contributed by atoms with Crippen LogP contribution in [-0.4, -0.2) is 49.6 Å². The van der Waals surface area contributed by atoms with Gasteiger partial charge >= 0.3 is 12.1 Å². The number of benzene rings is 3. The number of imidazole rings is 2. The van der Waals surface area contributed by atoms with Crippen molar-refractivity contribution in [2.45, 2.75) is 38.4 Å². The number of H-pyrrole nitrogens is 2. The van der Waals surface area contributed by atoms with Crippen LogP contribution in [0.1, 0.15) is 46.0 Å². The molecule has 2 aromatic heterocycles. The highest BCUT2D eigenvalue weighted by molar-refractivity contribution is 5.97. The smallest absolute Gasteiger partial charge is 0.475 e. The van der Waals surface area contributed by atoms with Gasteiger partial charge in [-0.3, -0.25) is 4.79 Å². The summed E-state index contributed by atoms with van der Waals surface area (Å²) in [7, 11) is 0. The normalized spacial score (nSPS) is 11.3. The summed E-state index contributed by atoms with van der Waals surface area (Å²) in [6.07, 6.45) is -1.52. The van der Waals surface area contributed by atoms with Crippen LogP contribution in [0, 0.1) is 0 Å². The molecule has 0 saturated carbocycles. The first-order valence-electron chi connectivity index (χ1n) is 12.9. The van der Waals surface area contributed by atoms with E-state index < -0.39 is 12.1 Å². The highest BCUT2D eigenvalue weighted by Gasteiger charge is 2.38. The second-order valence-electron chi connectivity index (χ2n) is 9.33. The summed E-state index contributed by atoms with van der Waals surface area (Å²) in [5, 5.41) is 10.1. The van der Waals surface area contributed by atoms with Crippen molar-refractivity contribution in [2.24, 2.45) is 5.73 Å². The molecule has 5 rings (SSSR count). The summed E-state index contributed by atoms with van der Waals surface area (Å²) in [6.45, 7) is 1.15. The predicted molar refractivity (Wildman–Crippen MR) is 148 cm³/mol. The van der Waals surface area contributed by atoms with E-state index in [-0.39, 0.29) is 5.91 Å². The van der Waals surface area contributed by atoms with Gasteiger partial charge in [0.05, 0.1) is 28.5 Å². The van der Waals surface area contributed by atoms with Gasteiger partial charge in [-0.15, -0.1) is 0 Å². The number of nitrogens with one attached hydrogen (secondary N) is 3. The van der Waals surface area contributed by atoms with Gasteiger partial charge in [0.2, 0.25) is 0 Å². The molecular weight excluding hydrogens is 537 g/mol. The van der Waals surface area contributed by atoms with Gasteiger partial charge in [-0.2, -0.15) is 13.2 Å².